The maximum absolute atomic E-state index is 5.21. The van der Waals surface area contributed by atoms with E-state index in [2.05, 4.69) is 163 Å². The summed E-state index contributed by atoms with van der Waals surface area (Å²) in [7, 11) is 0. The number of aromatic nitrogens is 1. The van der Waals surface area contributed by atoms with Crippen LogP contribution in [0.2, 0.25) is 0 Å². The number of anilines is 3. The largest absolute Gasteiger partial charge is 0.309 e. The predicted octanol–water partition coefficient (Wildman–Crippen LogP) is 13.1. The Morgan fingerprint density at radius 2 is 1.15 bits per heavy atom. The van der Waals surface area contributed by atoms with E-state index in [1.165, 1.54) is 63.8 Å². The van der Waals surface area contributed by atoms with Gasteiger partial charge in [0.1, 0.15) is 5.01 Å². The molecule has 0 saturated carbocycles. The van der Waals surface area contributed by atoms with Gasteiger partial charge in [0.15, 0.2) is 0 Å². The molecule has 47 heavy (non-hydrogen) atoms. The standard InChI is InChI=1S/C43H26N2S2/c1-3-12-27(13-4-1)29-16-9-17-30(26-29)45(36-21-11-23-38-40(36)32-18-7-8-22-37(32)46-38)35-25-24-33-39-31(35)19-10-20-34(39)42-41(33)44-43(47-42)28-14-5-2-6-15-28/h1-26H. The molecule has 2 nitrogen and oxygen atoms in total. The molecule has 0 amide bonds. The minimum Gasteiger partial charge on any atom is -0.309 e. The fourth-order valence-corrected chi connectivity index (χ4v) is 9.41. The van der Waals surface area contributed by atoms with Crippen molar-refractivity contribution >= 4 is 70.7 Å². The van der Waals surface area contributed by atoms with Gasteiger partial charge in [-0.2, -0.15) is 0 Å². The Morgan fingerprint density at radius 1 is 0.447 bits per heavy atom. The summed E-state index contributed by atoms with van der Waals surface area (Å²) in [6, 6.07) is 57.0. The predicted molar refractivity (Wildman–Crippen MR) is 202 cm³/mol. The SMILES string of the molecule is c1ccc(-c2cccc(N(c3ccc4c5c(cccc35)-c3sc(-c5ccccc5)nc3-4)c3cccc4sc5ccccc5c34)c2)cc1. The number of fused-ring (bicyclic) bond motifs is 6. The Hall–Kier alpha value is -5.55. The van der Waals surface area contributed by atoms with Crippen LogP contribution in [0.3, 0.4) is 0 Å². The van der Waals surface area contributed by atoms with Crippen LogP contribution in [0, 0.1) is 0 Å². The molecule has 1 aliphatic carbocycles. The number of benzene rings is 7. The average molecular weight is 635 g/mol. The van der Waals surface area contributed by atoms with Gasteiger partial charge in [0.25, 0.3) is 0 Å². The molecule has 4 heteroatoms. The number of hydrogen-bond donors (Lipinski definition) is 0. The lowest BCUT2D eigenvalue weighted by molar-refractivity contribution is 1.31. The third-order valence-corrected chi connectivity index (χ3v) is 11.5. The summed E-state index contributed by atoms with van der Waals surface area (Å²) in [5.74, 6) is 0. The van der Waals surface area contributed by atoms with Crippen LogP contribution in [-0.4, -0.2) is 4.98 Å². The number of thiazole rings is 1. The highest BCUT2D eigenvalue weighted by molar-refractivity contribution is 7.26. The highest BCUT2D eigenvalue weighted by Crippen LogP contribution is 2.54. The zero-order chi connectivity index (χ0) is 30.9. The van der Waals surface area contributed by atoms with Gasteiger partial charge in [0.05, 0.1) is 21.9 Å². The zero-order valence-corrected chi connectivity index (χ0v) is 26.9. The van der Waals surface area contributed by atoms with Gasteiger partial charge in [0, 0.05) is 53.3 Å². The molecule has 0 radical (unpaired) electrons. The smallest absolute Gasteiger partial charge is 0.124 e. The Labute approximate surface area is 280 Å². The van der Waals surface area contributed by atoms with E-state index in [1.807, 2.05) is 11.3 Å². The third-order valence-electron chi connectivity index (χ3n) is 9.24. The van der Waals surface area contributed by atoms with Crippen LogP contribution in [0.15, 0.2) is 158 Å². The molecule has 10 rings (SSSR count). The molecule has 0 aliphatic heterocycles. The molecular weight excluding hydrogens is 609 g/mol. The molecule has 2 aromatic heterocycles. The average Bonchev–Trinajstić information content (AvgIpc) is 3.83. The van der Waals surface area contributed by atoms with Crippen LogP contribution in [0.1, 0.15) is 0 Å². The van der Waals surface area contributed by atoms with Crippen LogP contribution in [0.4, 0.5) is 17.1 Å². The Kier molecular flexibility index (Phi) is 5.95. The lowest BCUT2D eigenvalue weighted by Crippen LogP contribution is -2.11. The second-order valence-electron chi connectivity index (χ2n) is 11.9. The quantitative estimate of drug-likeness (QED) is 0.187. The topological polar surface area (TPSA) is 16.1 Å². The minimum absolute atomic E-state index is 1.07. The molecule has 0 spiro atoms. The van der Waals surface area contributed by atoms with Crippen LogP contribution in [0.5, 0.6) is 0 Å². The summed E-state index contributed by atoms with van der Waals surface area (Å²) in [5, 5.41) is 6.16. The summed E-state index contributed by atoms with van der Waals surface area (Å²) in [5.41, 5.74) is 10.6. The molecule has 2 heterocycles. The lowest BCUT2D eigenvalue weighted by Gasteiger charge is -2.28. The fraction of sp³-hybridized carbons (Fsp3) is 0. The van der Waals surface area contributed by atoms with E-state index in [9.17, 15) is 0 Å². The molecule has 0 N–H and O–H groups in total. The van der Waals surface area contributed by atoms with E-state index < -0.39 is 0 Å². The van der Waals surface area contributed by atoms with Crippen molar-refractivity contribution in [1.82, 2.24) is 4.98 Å². The van der Waals surface area contributed by atoms with Gasteiger partial charge < -0.3 is 4.90 Å². The van der Waals surface area contributed by atoms with Gasteiger partial charge in [0.2, 0.25) is 0 Å². The first-order valence-corrected chi connectivity index (χ1v) is 17.4. The first-order chi connectivity index (χ1) is 23.3. The number of rotatable bonds is 5. The first kappa shape index (κ1) is 26.6. The van der Waals surface area contributed by atoms with Crippen molar-refractivity contribution in [3.8, 4) is 43.4 Å². The molecule has 0 bridgehead atoms. The summed E-state index contributed by atoms with van der Waals surface area (Å²) in [6.07, 6.45) is 0. The van der Waals surface area contributed by atoms with Crippen molar-refractivity contribution in [2.75, 3.05) is 4.90 Å². The minimum atomic E-state index is 1.07. The van der Waals surface area contributed by atoms with Crippen LogP contribution < -0.4 is 4.90 Å². The lowest BCUT2D eigenvalue weighted by atomic mass is 9.99. The van der Waals surface area contributed by atoms with E-state index in [0.29, 0.717) is 0 Å². The molecule has 0 atom stereocenters. The van der Waals surface area contributed by atoms with Crippen LogP contribution in [0.25, 0.3) is 74.3 Å². The molecule has 0 unspecified atom stereocenters. The van der Waals surface area contributed by atoms with Crippen molar-refractivity contribution in [3.05, 3.63) is 158 Å². The van der Waals surface area contributed by atoms with E-state index in [1.54, 1.807) is 11.3 Å². The Balaban J connectivity index is 1.23. The molecule has 0 fully saturated rings. The third kappa shape index (κ3) is 4.12. The maximum atomic E-state index is 5.21. The van der Waals surface area contributed by atoms with Gasteiger partial charge in [-0.25, -0.2) is 4.98 Å². The van der Waals surface area contributed by atoms with Gasteiger partial charge in [-0.3, -0.25) is 0 Å². The van der Waals surface area contributed by atoms with Gasteiger partial charge in [-0.1, -0.05) is 121 Å². The highest BCUT2D eigenvalue weighted by Gasteiger charge is 2.29. The molecule has 7 aromatic carbocycles. The van der Waals surface area contributed by atoms with E-state index in [-0.39, 0.29) is 0 Å². The summed E-state index contributed by atoms with van der Waals surface area (Å²) in [4.78, 5) is 8.94. The van der Waals surface area contributed by atoms with Crippen LogP contribution >= 0.6 is 22.7 Å². The van der Waals surface area contributed by atoms with Crippen molar-refractivity contribution in [3.63, 3.8) is 0 Å². The van der Waals surface area contributed by atoms with Gasteiger partial charge in [-0.05, 0) is 47.5 Å². The van der Waals surface area contributed by atoms with Crippen molar-refractivity contribution in [2.24, 2.45) is 0 Å². The van der Waals surface area contributed by atoms with Gasteiger partial charge in [-0.15, -0.1) is 22.7 Å². The first-order valence-electron chi connectivity index (χ1n) is 15.8. The van der Waals surface area contributed by atoms with E-state index >= 15 is 0 Å². The molecule has 220 valence electrons. The normalized spacial score (nSPS) is 11.8. The second-order valence-corrected chi connectivity index (χ2v) is 14.0. The number of nitrogens with zero attached hydrogens (tertiary/aromatic N) is 2. The summed E-state index contributed by atoms with van der Waals surface area (Å²) < 4.78 is 2.59. The fourth-order valence-electron chi connectivity index (χ4n) is 7.17. The zero-order valence-electron chi connectivity index (χ0n) is 25.2. The molecule has 1 aliphatic rings. The second kappa shape index (κ2) is 10.5. The van der Waals surface area contributed by atoms with Crippen LogP contribution in [-0.2, 0) is 0 Å². The van der Waals surface area contributed by atoms with E-state index in [0.717, 1.165) is 27.6 Å². The Morgan fingerprint density at radius 3 is 2.02 bits per heavy atom. The number of thiophene rings is 1. The van der Waals surface area contributed by atoms with Crippen molar-refractivity contribution in [2.45, 2.75) is 0 Å². The molecule has 0 saturated heterocycles. The molecule has 9 aromatic rings. The highest BCUT2D eigenvalue weighted by atomic mass is 32.1. The monoisotopic (exact) mass is 634 g/mol. The maximum Gasteiger partial charge on any atom is 0.124 e. The number of hydrogen-bond acceptors (Lipinski definition) is 4. The van der Waals surface area contributed by atoms with E-state index in [4.69, 9.17) is 4.98 Å². The van der Waals surface area contributed by atoms with Crippen molar-refractivity contribution < 1.29 is 0 Å². The Bertz CT molecular complexity index is 2610. The summed E-state index contributed by atoms with van der Waals surface area (Å²) >= 11 is 3.65. The van der Waals surface area contributed by atoms with Crippen molar-refractivity contribution in [1.29, 1.82) is 0 Å². The molecular formula is C43H26N2S2. The summed E-state index contributed by atoms with van der Waals surface area (Å²) in [6.45, 7) is 0. The van der Waals surface area contributed by atoms with Gasteiger partial charge >= 0.3 is 0 Å².